The first-order chi connectivity index (χ1) is 11.5. The van der Waals surface area contributed by atoms with Crippen molar-refractivity contribution < 1.29 is 19.4 Å². The molecule has 0 unspecified atom stereocenters. The van der Waals surface area contributed by atoms with Gasteiger partial charge in [-0.2, -0.15) is 0 Å². The summed E-state index contributed by atoms with van der Waals surface area (Å²) in [7, 11) is 1.55. The Morgan fingerprint density at radius 2 is 1.88 bits per heavy atom. The van der Waals surface area contributed by atoms with Gasteiger partial charge in [0.15, 0.2) is 0 Å². The number of hydrogen-bond donors (Lipinski definition) is 3. The van der Waals surface area contributed by atoms with Crippen LogP contribution in [0.2, 0.25) is 0 Å². The number of rotatable bonds is 4. The number of nitrogens with one attached hydrogen (secondary N) is 2. The second-order valence-electron chi connectivity index (χ2n) is 5.05. The molecule has 24 heavy (non-hydrogen) atoms. The Labute approximate surface area is 145 Å². The molecule has 0 bridgehead atoms. The van der Waals surface area contributed by atoms with Crippen molar-refractivity contribution in [2.24, 2.45) is 0 Å². The number of H-pyrrole nitrogens is 1. The largest absolute Gasteiger partial charge is 0.497 e. The minimum atomic E-state index is -1.16. The summed E-state index contributed by atoms with van der Waals surface area (Å²) in [5.74, 6) is -1.02. The van der Waals surface area contributed by atoms with E-state index in [2.05, 4.69) is 26.2 Å². The number of benzene rings is 2. The molecule has 3 rings (SSSR count). The van der Waals surface area contributed by atoms with Gasteiger partial charge >= 0.3 is 5.97 Å². The van der Waals surface area contributed by atoms with Crippen LogP contribution in [-0.2, 0) is 0 Å². The minimum Gasteiger partial charge on any atom is -0.497 e. The molecule has 0 spiro atoms. The van der Waals surface area contributed by atoms with E-state index in [4.69, 9.17) is 4.74 Å². The molecule has 0 saturated carbocycles. The van der Waals surface area contributed by atoms with Crippen LogP contribution in [0.3, 0.4) is 0 Å². The lowest BCUT2D eigenvalue weighted by molar-refractivity contribution is 0.0694. The number of anilines is 1. The minimum absolute atomic E-state index is 0.00594. The number of carbonyl (C=O) groups is 2. The van der Waals surface area contributed by atoms with Crippen LogP contribution in [0.5, 0.6) is 5.75 Å². The summed E-state index contributed by atoms with van der Waals surface area (Å²) in [4.78, 5) is 27.0. The van der Waals surface area contributed by atoms with E-state index in [9.17, 15) is 14.7 Å². The highest BCUT2D eigenvalue weighted by atomic mass is 79.9. The molecule has 2 aromatic carbocycles. The van der Waals surface area contributed by atoms with Gasteiger partial charge in [-0.15, -0.1) is 0 Å². The molecule has 0 atom stereocenters. The van der Waals surface area contributed by atoms with Gasteiger partial charge in [0.2, 0.25) is 0 Å². The van der Waals surface area contributed by atoms with E-state index in [0.717, 1.165) is 4.47 Å². The maximum atomic E-state index is 12.5. The first-order valence-corrected chi connectivity index (χ1v) is 7.79. The molecule has 1 amide bonds. The number of carboxylic acids is 1. The number of carbonyl (C=O) groups excluding carboxylic acids is 1. The zero-order valence-corrected chi connectivity index (χ0v) is 14.2. The zero-order valence-electron chi connectivity index (χ0n) is 12.6. The van der Waals surface area contributed by atoms with E-state index in [1.165, 1.54) is 0 Å². The number of amides is 1. The maximum absolute atomic E-state index is 12.5. The number of halogens is 1. The molecule has 3 N–H and O–H groups in total. The molecule has 0 aliphatic rings. The van der Waals surface area contributed by atoms with E-state index >= 15 is 0 Å². The van der Waals surface area contributed by atoms with Crippen LogP contribution < -0.4 is 10.1 Å². The van der Waals surface area contributed by atoms with Crippen molar-refractivity contribution in [3.05, 3.63) is 58.2 Å². The topological polar surface area (TPSA) is 91.4 Å². The molecular weight excluding hydrogens is 376 g/mol. The average molecular weight is 389 g/mol. The number of hydrogen-bond acceptors (Lipinski definition) is 3. The first-order valence-electron chi connectivity index (χ1n) is 6.99. The standard InChI is InChI=1S/C17H13BrN2O4/c1-24-11-5-3-10(4-6-11)19-16(21)15-14(17(22)23)12-7-2-9(18)8-13(12)20-15/h2-8,20H,1H3,(H,19,21)(H,22,23). The smallest absolute Gasteiger partial charge is 0.338 e. The molecule has 0 aliphatic heterocycles. The highest BCUT2D eigenvalue weighted by Crippen LogP contribution is 2.26. The predicted molar refractivity (Wildman–Crippen MR) is 93.9 cm³/mol. The number of aromatic amines is 1. The lowest BCUT2D eigenvalue weighted by Crippen LogP contribution is -2.16. The van der Waals surface area contributed by atoms with Crippen molar-refractivity contribution in [2.75, 3.05) is 12.4 Å². The van der Waals surface area contributed by atoms with Crippen LogP contribution in [0.15, 0.2) is 46.9 Å². The molecule has 3 aromatic rings. The van der Waals surface area contributed by atoms with Gasteiger partial charge in [0, 0.05) is 21.1 Å². The molecule has 1 aromatic heterocycles. The summed E-state index contributed by atoms with van der Waals surface area (Å²) in [6, 6.07) is 11.9. The van der Waals surface area contributed by atoms with Crippen molar-refractivity contribution in [2.45, 2.75) is 0 Å². The van der Waals surface area contributed by atoms with Crippen LogP contribution in [0.1, 0.15) is 20.8 Å². The van der Waals surface area contributed by atoms with E-state index in [-0.39, 0.29) is 11.3 Å². The summed E-state index contributed by atoms with van der Waals surface area (Å²) in [6.45, 7) is 0. The number of carboxylic acid groups (broad SMARTS) is 1. The second kappa shape index (κ2) is 6.37. The molecule has 7 heteroatoms. The molecule has 6 nitrogen and oxygen atoms in total. The predicted octanol–water partition coefficient (Wildman–Crippen LogP) is 3.89. The van der Waals surface area contributed by atoms with Gasteiger partial charge in [-0.1, -0.05) is 22.0 Å². The Kier molecular flexibility index (Phi) is 4.26. The third-order valence-corrected chi connectivity index (χ3v) is 4.04. The Bertz CT molecular complexity index is 932. The zero-order chi connectivity index (χ0) is 17.3. The van der Waals surface area contributed by atoms with E-state index in [1.54, 1.807) is 49.6 Å². The molecule has 0 saturated heterocycles. The number of fused-ring (bicyclic) bond motifs is 1. The Balaban J connectivity index is 1.99. The number of methoxy groups -OCH3 is 1. The van der Waals surface area contributed by atoms with Crippen molar-refractivity contribution in [1.82, 2.24) is 4.98 Å². The van der Waals surface area contributed by atoms with Gasteiger partial charge in [0.25, 0.3) is 5.91 Å². The Morgan fingerprint density at radius 3 is 2.50 bits per heavy atom. The van der Waals surface area contributed by atoms with Crippen LogP contribution in [-0.4, -0.2) is 29.1 Å². The third-order valence-electron chi connectivity index (χ3n) is 3.55. The van der Waals surface area contributed by atoms with Gasteiger partial charge in [0.1, 0.15) is 11.4 Å². The Morgan fingerprint density at radius 1 is 1.17 bits per heavy atom. The van der Waals surface area contributed by atoms with Gasteiger partial charge < -0.3 is 20.1 Å². The summed E-state index contributed by atoms with van der Waals surface area (Å²) in [5, 5.41) is 12.6. The average Bonchev–Trinajstić information content (AvgIpc) is 2.94. The number of ether oxygens (including phenoxy) is 1. The van der Waals surface area contributed by atoms with Crippen molar-refractivity contribution in [3.8, 4) is 5.75 Å². The fraction of sp³-hybridized carbons (Fsp3) is 0.0588. The van der Waals surface area contributed by atoms with Crippen LogP contribution in [0.25, 0.3) is 10.9 Å². The second-order valence-corrected chi connectivity index (χ2v) is 5.97. The molecule has 0 radical (unpaired) electrons. The molecule has 0 aliphatic carbocycles. The van der Waals surface area contributed by atoms with Crippen LogP contribution in [0, 0.1) is 0 Å². The third kappa shape index (κ3) is 2.98. The molecule has 1 heterocycles. The van der Waals surface area contributed by atoms with E-state index in [0.29, 0.717) is 22.3 Å². The number of aromatic nitrogens is 1. The van der Waals surface area contributed by atoms with Gasteiger partial charge in [-0.25, -0.2) is 4.79 Å². The van der Waals surface area contributed by atoms with Crippen molar-refractivity contribution >= 4 is 44.4 Å². The monoisotopic (exact) mass is 388 g/mol. The molecular formula is C17H13BrN2O4. The SMILES string of the molecule is COc1ccc(NC(=O)c2[nH]c3cc(Br)ccc3c2C(=O)O)cc1. The lowest BCUT2D eigenvalue weighted by Gasteiger charge is -2.06. The number of aromatic carboxylic acids is 1. The highest BCUT2D eigenvalue weighted by Gasteiger charge is 2.23. The summed E-state index contributed by atoms with van der Waals surface area (Å²) in [6.07, 6.45) is 0. The first kappa shape index (κ1) is 16.1. The van der Waals surface area contributed by atoms with Crippen LogP contribution >= 0.6 is 15.9 Å². The summed E-state index contributed by atoms with van der Waals surface area (Å²) < 4.78 is 5.85. The van der Waals surface area contributed by atoms with Gasteiger partial charge in [0.05, 0.1) is 12.7 Å². The fourth-order valence-corrected chi connectivity index (χ4v) is 2.79. The quantitative estimate of drug-likeness (QED) is 0.632. The normalized spacial score (nSPS) is 10.6. The summed E-state index contributed by atoms with van der Waals surface area (Å²) >= 11 is 3.33. The molecule has 122 valence electrons. The lowest BCUT2D eigenvalue weighted by atomic mass is 10.1. The van der Waals surface area contributed by atoms with Crippen molar-refractivity contribution in [3.63, 3.8) is 0 Å². The van der Waals surface area contributed by atoms with E-state index in [1.807, 2.05) is 0 Å². The fourth-order valence-electron chi connectivity index (χ4n) is 2.43. The van der Waals surface area contributed by atoms with E-state index < -0.39 is 11.9 Å². The Hall–Kier alpha value is -2.80. The van der Waals surface area contributed by atoms with Crippen molar-refractivity contribution in [1.29, 1.82) is 0 Å². The van der Waals surface area contributed by atoms with Gasteiger partial charge in [-0.3, -0.25) is 4.79 Å². The van der Waals surface area contributed by atoms with Gasteiger partial charge in [-0.05, 0) is 36.4 Å². The summed E-state index contributed by atoms with van der Waals surface area (Å²) in [5.41, 5.74) is 1.06. The molecule has 0 fully saturated rings. The maximum Gasteiger partial charge on any atom is 0.338 e. The van der Waals surface area contributed by atoms with Crippen LogP contribution in [0.4, 0.5) is 5.69 Å². The highest BCUT2D eigenvalue weighted by molar-refractivity contribution is 9.10.